The van der Waals surface area contributed by atoms with E-state index >= 15 is 0 Å². The number of aromatic nitrogens is 3. The topological polar surface area (TPSA) is 59.0 Å². The number of thiazole rings is 1. The van der Waals surface area contributed by atoms with Crippen LogP contribution in [0, 0.1) is 0 Å². The molecule has 1 saturated heterocycles. The van der Waals surface area contributed by atoms with Gasteiger partial charge in [0, 0.05) is 48.2 Å². The highest BCUT2D eigenvalue weighted by Crippen LogP contribution is 2.23. The Morgan fingerprint density at radius 1 is 1.18 bits per heavy atom. The van der Waals surface area contributed by atoms with E-state index in [1.165, 1.54) is 48.6 Å². The number of benzene rings is 1. The van der Waals surface area contributed by atoms with Crippen LogP contribution in [0.4, 0.5) is 0 Å². The van der Waals surface area contributed by atoms with Gasteiger partial charge in [0.05, 0.1) is 11.2 Å². The molecule has 1 aliphatic rings. The fourth-order valence-electron chi connectivity index (χ4n) is 4.01. The van der Waals surface area contributed by atoms with E-state index in [-0.39, 0.29) is 5.78 Å². The number of hydrogen-bond donors (Lipinski definition) is 0. The van der Waals surface area contributed by atoms with Gasteiger partial charge in [-0.05, 0) is 68.6 Å². The molecular weight excluding hydrogens is 452 g/mol. The Labute approximate surface area is 203 Å². The fourth-order valence-corrected chi connectivity index (χ4v) is 4.66. The molecule has 170 valence electrons. The lowest BCUT2D eigenvalue weighted by Crippen LogP contribution is -2.28. The van der Waals surface area contributed by atoms with Crippen LogP contribution in [-0.4, -0.2) is 44.8 Å². The Bertz CT molecular complexity index is 1210. The van der Waals surface area contributed by atoms with E-state index in [1.54, 1.807) is 23.8 Å². The first-order valence-electron chi connectivity index (χ1n) is 11.2. The van der Waals surface area contributed by atoms with Crippen molar-refractivity contribution >= 4 is 39.6 Å². The maximum Gasteiger partial charge on any atom is 0.188 e. The number of nitrogens with zero attached hydrogens (tertiary/aromatic N) is 4. The zero-order valence-corrected chi connectivity index (χ0v) is 20.4. The summed E-state index contributed by atoms with van der Waals surface area (Å²) in [7, 11) is 0. The van der Waals surface area contributed by atoms with Crippen LogP contribution in [0.2, 0.25) is 5.15 Å². The van der Waals surface area contributed by atoms with Crippen LogP contribution < -0.4 is 0 Å². The predicted molar refractivity (Wildman–Crippen MR) is 136 cm³/mol. The minimum atomic E-state index is 0.0417. The molecule has 33 heavy (non-hydrogen) atoms. The van der Waals surface area contributed by atoms with Crippen molar-refractivity contribution in [3.63, 3.8) is 0 Å². The number of rotatable bonds is 5. The third kappa shape index (κ3) is 6.22. The van der Waals surface area contributed by atoms with Gasteiger partial charge >= 0.3 is 0 Å². The van der Waals surface area contributed by atoms with Gasteiger partial charge in [-0.3, -0.25) is 4.79 Å². The fraction of sp³-hybridized carbons (Fsp3) is 0.308. The van der Waals surface area contributed by atoms with E-state index in [2.05, 4.69) is 52.1 Å². The molecular formula is C26H27ClN4OS. The first-order chi connectivity index (χ1) is 16.0. The largest absolute Gasteiger partial charge is 0.300 e. The summed E-state index contributed by atoms with van der Waals surface area (Å²) in [5.74, 6) is 0.0417. The number of hydrogen-bond acceptors (Lipinski definition) is 6. The smallest absolute Gasteiger partial charge is 0.188 e. The molecule has 0 N–H and O–H groups in total. The van der Waals surface area contributed by atoms with Crippen molar-refractivity contribution in [1.29, 1.82) is 0 Å². The van der Waals surface area contributed by atoms with Gasteiger partial charge in [0.1, 0.15) is 5.15 Å². The molecule has 1 atom stereocenters. The van der Waals surface area contributed by atoms with Crippen molar-refractivity contribution in [2.75, 3.05) is 13.1 Å². The lowest BCUT2D eigenvalue weighted by atomic mass is 10.1. The lowest BCUT2D eigenvalue weighted by molar-refractivity contribution is 0.101. The summed E-state index contributed by atoms with van der Waals surface area (Å²) in [4.78, 5) is 25.7. The third-order valence-corrected chi connectivity index (χ3v) is 6.99. The SMILES string of the molecule is CC(=O)c1nccs1.C[C@@H]1CCCN1CCc1ccc2nc(-c3ccc(Cl)nc3)ccc2c1. The van der Waals surface area contributed by atoms with Gasteiger partial charge in [0.25, 0.3) is 0 Å². The van der Waals surface area contributed by atoms with Crippen LogP contribution >= 0.6 is 22.9 Å². The van der Waals surface area contributed by atoms with Crippen molar-refractivity contribution in [1.82, 2.24) is 19.9 Å². The number of carbonyl (C=O) groups excluding carboxylic acids is 1. The highest BCUT2D eigenvalue weighted by Gasteiger charge is 2.19. The highest BCUT2D eigenvalue weighted by atomic mass is 35.5. The number of ketones is 1. The second kappa shape index (κ2) is 11.0. The summed E-state index contributed by atoms with van der Waals surface area (Å²) < 4.78 is 0. The number of carbonyl (C=O) groups is 1. The summed E-state index contributed by atoms with van der Waals surface area (Å²) >= 11 is 7.23. The molecule has 5 rings (SSSR count). The Hall–Kier alpha value is -2.67. The van der Waals surface area contributed by atoms with Crippen LogP contribution in [-0.2, 0) is 6.42 Å². The summed E-state index contributed by atoms with van der Waals surface area (Å²) in [6.45, 7) is 6.24. The molecule has 4 aromatic rings. The minimum absolute atomic E-state index is 0.0417. The average Bonchev–Trinajstić information content (AvgIpc) is 3.50. The molecule has 0 radical (unpaired) electrons. The Balaban J connectivity index is 0.000000275. The first-order valence-corrected chi connectivity index (χ1v) is 12.4. The zero-order valence-electron chi connectivity index (χ0n) is 18.9. The van der Waals surface area contributed by atoms with Crippen LogP contribution in [0.1, 0.15) is 42.1 Å². The number of pyridine rings is 2. The third-order valence-electron chi connectivity index (χ3n) is 5.89. The number of halogens is 1. The molecule has 5 nitrogen and oxygen atoms in total. The number of fused-ring (bicyclic) bond motifs is 1. The molecule has 0 aliphatic carbocycles. The zero-order chi connectivity index (χ0) is 23.2. The highest BCUT2D eigenvalue weighted by molar-refractivity contribution is 7.11. The van der Waals surface area contributed by atoms with Gasteiger partial charge in [-0.2, -0.15) is 0 Å². The van der Waals surface area contributed by atoms with Crippen molar-refractivity contribution in [2.45, 2.75) is 39.2 Å². The second-order valence-corrected chi connectivity index (χ2v) is 9.55. The van der Waals surface area contributed by atoms with E-state index in [4.69, 9.17) is 16.6 Å². The molecule has 7 heteroatoms. The van der Waals surface area contributed by atoms with Crippen molar-refractivity contribution in [2.24, 2.45) is 0 Å². The van der Waals surface area contributed by atoms with E-state index in [1.807, 2.05) is 6.07 Å². The van der Waals surface area contributed by atoms with Gasteiger partial charge in [0.2, 0.25) is 0 Å². The summed E-state index contributed by atoms with van der Waals surface area (Å²) in [5.41, 5.74) is 4.31. The lowest BCUT2D eigenvalue weighted by Gasteiger charge is -2.20. The number of Topliss-reactive ketones (excluding diaryl/α,β-unsaturated/α-hetero) is 1. The van der Waals surface area contributed by atoms with E-state index < -0.39 is 0 Å². The van der Waals surface area contributed by atoms with Crippen molar-refractivity contribution in [3.05, 3.63) is 76.0 Å². The van der Waals surface area contributed by atoms with Gasteiger partial charge in [-0.15, -0.1) is 11.3 Å². The normalized spacial score (nSPS) is 15.9. The Kier molecular flexibility index (Phi) is 7.81. The van der Waals surface area contributed by atoms with E-state index in [0.717, 1.165) is 35.8 Å². The molecule has 3 aromatic heterocycles. The van der Waals surface area contributed by atoms with Crippen LogP contribution in [0.15, 0.2) is 60.2 Å². The number of likely N-dealkylation sites (tertiary alicyclic amines) is 1. The molecule has 0 spiro atoms. The summed E-state index contributed by atoms with van der Waals surface area (Å²) in [5, 5.41) is 4.07. The van der Waals surface area contributed by atoms with Gasteiger partial charge < -0.3 is 4.90 Å². The Morgan fingerprint density at radius 3 is 2.70 bits per heavy atom. The molecule has 1 aliphatic heterocycles. The molecule has 0 unspecified atom stereocenters. The summed E-state index contributed by atoms with van der Waals surface area (Å²) in [6, 6.07) is 15.3. The van der Waals surface area contributed by atoms with Crippen molar-refractivity contribution < 1.29 is 4.79 Å². The maximum atomic E-state index is 10.5. The van der Waals surface area contributed by atoms with Crippen LogP contribution in [0.25, 0.3) is 22.2 Å². The predicted octanol–water partition coefficient (Wildman–Crippen LogP) is 6.32. The van der Waals surface area contributed by atoms with Gasteiger partial charge in [-0.25, -0.2) is 15.0 Å². The second-order valence-electron chi connectivity index (χ2n) is 8.26. The molecule has 4 heterocycles. The van der Waals surface area contributed by atoms with Crippen LogP contribution in [0.3, 0.4) is 0 Å². The van der Waals surface area contributed by atoms with Gasteiger partial charge in [0.15, 0.2) is 10.8 Å². The monoisotopic (exact) mass is 478 g/mol. The van der Waals surface area contributed by atoms with E-state index in [0.29, 0.717) is 10.2 Å². The van der Waals surface area contributed by atoms with E-state index in [9.17, 15) is 4.79 Å². The quantitative estimate of drug-likeness (QED) is 0.248. The molecule has 1 fully saturated rings. The molecule has 1 aromatic carbocycles. The maximum absolute atomic E-state index is 10.5. The molecule has 0 amide bonds. The first kappa shape index (κ1) is 23.5. The minimum Gasteiger partial charge on any atom is -0.300 e. The average molecular weight is 479 g/mol. The molecule has 0 saturated carbocycles. The summed E-state index contributed by atoms with van der Waals surface area (Å²) in [6.07, 6.45) is 7.17. The Morgan fingerprint density at radius 2 is 2.06 bits per heavy atom. The molecule has 0 bridgehead atoms. The standard InChI is InChI=1S/C21H22ClN3.C5H5NOS/c1-15-3-2-11-25(15)12-10-16-4-7-19-17(13-16)5-8-20(24-19)18-6-9-21(22)23-14-18;1-4(7)5-6-2-3-8-5/h4-9,13-15H,2-3,10-12H2,1H3;2-3H,1H3/t15-;/m1./s1. The van der Waals surface area contributed by atoms with Gasteiger partial charge in [-0.1, -0.05) is 23.7 Å². The van der Waals surface area contributed by atoms with Crippen molar-refractivity contribution in [3.8, 4) is 11.3 Å². The van der Waals surface area contributed by atoms with Crippen LogP contribution in [0.5, 0.6) is 0 Å².